The molecule has 26 heavy (non-hydrogen) atoms. The van der Waals surface area contributed by atoms with E-state index in [1.165, 1.54) is 22.3 Å². The minimum absolute atomic E-state index is 0.776. The SMILES string of the molecule is Cc1nn2cc(CCNCc3cn[nH]c3-c3ccc(C)c(C)c3)nc2s1. The molecule has 2 N–H and O–H groups in total. The minimum atomic E-state index is 0.776. The number of rotatable bonds is 6. The molecule has 0 aliphatic rings. The number of H-pyrrole nitrogens is 1. The van der Waals surface area contributed by atoms with Crippen LogP contribution >= 0.6 is 11.3 Å². The average Bonchev–Trinajstić information content (AvgIpc) is 3.28. The van der Waals surface area contributed by atoms with Crippen LogP contribution in [0.1, 0.15) is 27.4 Å². The minimum Gasteiger partial charge on any atom is -0.312 e. The van der Waals surface area contributed by atoms with Gasteiger partial charge in [0.1, 0.15) is 5.01 Å². The van der Waals surface area contributed by atoms with Gasteiger partial charge in [0, 0.05) is 30.6 Å². The summed E-state index contributed by atoms with van der Waals surface area (Å²) in [4.78, 5) is 5.57. The molecule has 0 radical (unpaired) electrons. The van der Waals surface area contributed by atoms with Crippen molar-refractivity contribution in [3.05, 3.63) is 58.0 Å². The Morgan fingerprint density at radius 2 is 2.08 bits per heavy atom. The highest BCUT2D eigenvalue weighted by molar-refractivity contribution is 7.16. The zero-order chi connectivity index (χ0) is 18.1. The fraction of sp³-hybridized carbons (Fsp3) is 0.316. The Kier molecular flexibility index (Phi) is 4.57. The molecule has 0 spiro atoms. The van der Waals surface area contributed by atoms with Gasteiger partial charge in [-0.15, -0.1) is 0 Å². The molecule has 6 nitrogen and oxygen atoms in total. The topological polar surface area (TPSA) is 70.9 Å². The largest absolute Gasteiger partial charge is 0.312 e. The lowest BCUT2D eigenvalue weighted by molar-refractivity contribution is 0.682. The Labute approximate surface area is 156 Å². The molecule has 0 aliphatic carbocycles. The molecule has 3 heterocycles. The quantitative estimate of drug-likeness (QED) is 0.513. The van der Waals surface area contributed by atoms with Gasteiger partial charge in [-0.25, -0.2) is 9.50 Å². The van der Waals surface area contributed by atoms with Crippen molar-refractivity contribution in [3.63, 3.8) is 0 Å². The highest BCUT2D eigenvalue weighted by atomic mass is 32.1. The number of aromatic nitrogens is 5. The van der Waals surface area contributed by atoms with Gasteiger partial charge in [-0.1, -0.05) is 23.5 Å². The third kappa shape index (κ3) is 3.40. The second-order valence-corrected chi connectivity index (χ2v) is 7.74. The summed E-state index contributed by atoms with van der Waals surface area (Å²) in [7, 11) is 0. The third-order valence-corrected chi connectivity index (χ3v) is 5.42. The van der Waals surface area contributed by atoms with Gasteiger partial charge in [-0.2, -0.15) is 10.2 Å². The summed E-state index contributed by atoms with van der Waals surface area (Å²) in [6.45, 7) is 7.91. The molecule has 0 amide bonds. The number of imidazole rings is 1. The van der Waals surface area contributed by atoms with Crippen molar-refractivity contribution in [2.24, 2.45) is 0 Å². The first-order chi connectivity index (χ1) is 12.6. The standard InChI is InChI=1S/C19H22N6S/c1-12-4-5-15(8-13(12)2)18-16(10-21-23-18)9-20-7-6-17-11-25-19(22-17)26-14(3)24-25/h4-5,8,10-11,20H,6-7,9H2,1-3H3,(H,21,23). The van der Waals surface area contributed by atoms with E-state index in [-0.39, 0.29) is 0 Å². The summed E-state index contributed by atoms with van der Waals surface area (Å²) in [6, 6.07) is 6.51. The molecule has 4 rings (SSSR count). The van der Waals surface area contributed by atoms with E-state index in [1.54, 1.807) is 11.3 Å². The molecule has 0 unspecified atom stereocenters. The molecular formula is C19H22N6S. The Bertz CT molecular complexity index is 1010. The first-order valence-corrected chi connectivity index (χ1v) is 9.54. The fourth-order valence-electron chi connectivity index (χ4n) is 3.00. The van der Waals surface area contributed by atoms with E-state index in [4.69, 9.17) is 0 Å². The van der Waals surface area contributed by atoms with Crippen LogP contribution in [0.4, 0.5) is 0 Å². The molecule has 134 valence electrons. The number of fused-ring (bicyclic) bond motifs is 1. The van der Waals surface area contributed by atoms with Gasteiger partial charge in [0.2, 0.25) is 4.96 Å². The molecule has 0 aliphatic heterocycles. The van der Waals surface area contributed by atoms with Crippen molar-refractivity contribution in [1.29, 1.82) is 0 Å². The predicted molar refractivity (Wildman–Crippen MR) is 105 cm³/mol. The lowest BCUT2D eigenvalue weighted by Crippen LogP contribution is -2.17. The number of hydrogen-bond donors (Lipinski definition) is 2. The van der Waals surface area contributed by atoms with E-state index in [1.807, 2.05) is 23.8 Å². The van der Waals surface area contributed by atoms with Crippen LogP contribution in [0.2, 0.25) is 0 Å². The highest BCUT2D eigenvalue weighted by Crippen LogP contribution is 2.23. The summed E-state index contributed by atoms with van der Waals surface area (Å²) in [5.41, 5.74) is 7.10. The monoisotopic (exact) mass is 366 g/mol. The van der Waals surface area contributed by atoms with Gasteiger partial charge in [0.25, 0.3) is 0 Å². The number of benzene rings is 1. The van der Waals surface area contributed by atoms with Crippen LogP contribution in [0.15, 0.2) is 30.6 Å². The Morgan fingerprint density at radius 1 is 1.19 bits per heavy atom. The zero-order valence-electron chi connectivity index (χ0n) is 15.2. The van der Waals surface area contributed by atoms with Crippen LogP contribution in [0.5, 0.6) is 0 Å². The van der Waals surface area contributed by atoms with Crippen molar-refractivity contribution in [2.75, 3.05) is 6.54 Å². The van der Waals surface area contributed by atoms with Crippen LogP contribution in [-0.4, -0.2) is 31.3 Å². The molecule has 0 bridgehead atoms. The van der Waals surface area contributed by atoms with Crippen LogP contribution in [0, 0.1) is 20.8 Å². The average molecular weight is 366 g/mol. The lowest BCUT2D eigenvalue weighted by Gasteiger charge is -2.07. The number of aryl methyl sites for hydroxylation is 3. The second kappa shape index (κ2) is 7.01. The normalized spacial score (nSPS) is 11.5. The molecule has 7 heteroatoms. The first-order valence-electron chi connectivity index (χ1n) is 8.72. The van der Waals surface area contributed by atoms with Gasteiger partial charge >= 0.3 is 0 Å². The first kappa shape index (κ1) is 16.9. The van der Waals surface area contributed by atoms with Crippen LogP contribution in [0.25, 0.3) is 16.2 Å². The molecule has 4 aromatic rings. The lowest BCUT2D eigenvalue weighted by atomic mass is 10.0. The van der Waals surface area contributed by atoms with Gasteiger partial charge < -0.3 is 5.32 Å². The maximum absolute atomic E-state index is 4.61. The zero-order valence-corrected chi connectivity index (χ0v) is 16.0. The predicted octanol–water partition coefficient (Wildman–Crippen LogP) is 3.44. The number of hydrogen-bond acceptors (Lipinski definition) is 5. The smallest absolute Gasteiger partial charge is 0.212 e. The number of nitrogens with one attached hydrogen (secondary N) is 2. The summed E-state index contributed by atoms with van der Waals surface area (Å²) in [5.74, 6) is 0. The maximum Gasteiger partial charge on any atom is 0.212 e. The molecule has 0 fully saturated rings. The molecular weight excluding hydrogens is 344 g/mol. The van der Waals surface area contributed by atoms with E-state index in [0.29, 0.717) is 0 Å². The van der Waals surface area contributed by atoms with Crippen molar-refractivity contribution >= 4 is 16.3 Å². The van der Waals surface area contributed by atoms with E-state index < -0.39 is 0 Å². The van der Waals surface area contributed by atoms with Crippen LogP contribution < -0.4 is 5.32 Å². The molecule has 3 aromatic heterocycles. The van der Waals surface area contributed by atoms with Gasteiger partial charge in [-0.05, 0) is 38.0 Å². The van der Waals surface area contributed by atoms with Crippen molar-refractivity contribution < 1.29 is 0 Å². The number of aromatic amines is 1. The Balaban J connectivity index is 1.37. The van der Waals surface area contributed by atoms with E-state index >= 15 is 0 Å². The van der Waals surface area contributed by atoms with E-state index in [0.717, 1.165) is 40.9 Å². The van der Waals surface area contributed by atoms with Crippen molar-refractivity contribution in [2.45, 2.75) is 33.7 Å². The Morgan fingerprint density at radius 3 is 2.88 bits per heavy atom. The van der Waals surface area contributed by atoms with Crippen molar-refractivity contribution in [1.82, 2.24) is 30.1 Å². The number of nitrogens with zero attached hydrogens (tertiary/aromatic N) is 4. The van der Waals surface area contributed by atoms with E-state index in [9.17, 15) is 0 Å². The molecule has 1 aromatic carbocycles. The summed E-state index contributed by atoms with van der Waals surface area (Å²) in [6.07, 6.45) is 4.79. The highest BCUT2D eigenvalue weighted by Gasteiger charge is 2.09. The molecule has 0 saturated heterocycles. The van der Waals surface area contributed by atoms with Crippen LogP contribution in [-0.2, 0) is 13.0 Å². The van der Waals surface area contributed by atoms with Gasteiger partial charge in [0.05, 0.1) is 23.8 Å². The third-order valence-electron chi connectivity index (χ3n) is 4.58. The van der Waals surface area contributed by atoms with Gasteiger partial charge in [0.15, 0.2) is 0 Å². The maximum atomic E-state index is 4.61. The molecule has 0 atom stereocenters. The summed E-state index contributed by atoms with van der Waals surface area (Å²) >= 11 is 1.62. The second-order valence-electron chi connectivity index (χ2n) is 6.58. The summed E-state index contributed by atoms with van der Waals surface area (Å²) < 4.78 is 1.86. The van der Waals surface area contributed by atoms with Crippen LogP contribution in [0.3, 0.4) is 0 Å². The van der Waals surface area contributed by atoms with E-state index in [2.05, 4.69) is 57.6 Å². The fourth-order valence-corrected chi connectivity index (χ4v) is 3.74. The van der Waals surface area contributed by atoms with Gasteiger partial charge in [-0.3, -0.25) is 5.10 Å². The van der Waals surface area contributed by atoms with Crippen molar-refractivity contribution in [3.8, 4) is 11.3 Å². The Hall–Kier alpha value is -2.51. The molecule has 0 saturated carbocycles. The summed E-state index contributed by atoms with van der Waals surface area (Å²) in [5, 5.41) is 16.3.